The Balaban J connectivity index is 1.50. The number of H-pyrrole nitrogens is 1. The van der Waals surface area contributed by atoms with Crippen LogP contribution in [-0.4, -0.2) is 52.7 Å². The first-order chi connectivity index (χ1) is 12.8. The quantitative estimate of drug-likeness (QED) is 0.810. The maximum Gasteiger partial charge on any atom is 0.405 e. The van der Waals surface area contributed by atoms with Crippen molar-refractivity contribution in [1.29, 1.82) is 0 Å². The first-order valence-electron chi connectivity index (χ1n) is 8.52. The summed E-state index contributed by atoms with van der Waals surface area (Å²) in [7, 11) is 0. The molecule has 0 atom stereocenters. The number of nitrogens with one attached hydrogen (secondary N) is 2. The van der Waals surface area contributed by atoms with E-state index in [1.807, 2.05) is 22.4 Å². The molecule has 0 spiro atoms. The molecule has 6 nitrogen and oxygen atoms in total. The van der Waals surface area contributed by atoms with Crippen LogP contribution < -0.4 is 5.32 Å². The van der Waals surface area contributed by atoms with E-state index in [4.69, 9.17) is 0 Å². The molecule has 1 fully saturated rings. The summed E-state index contributed by atoms with van der Waals surface area (Å²) in [4.78, 5) is 26.9. The maximum absolute atomic E-state index is 12.3. The summed E-state index contributed by atoms with van der Waals surface area (Å²) < 4.78 is 36.5. The molecule has 10 heteroatoms. The van der Waals surface area contributed by atoms with E-state index in [1.165, 1.54) is 6.07 Å². The van der Waals surface area contributed by atoms with Crippen molar-refractivity contribution in [3.63, 3.8) is 0 Å². The normalized spacial score (nSPS) is 15.7. The van der Waals surface area contributed by atoms with Crippen molar-refractivity contribution in [1.82, 2.24) is 20.4 Å². The highest BCUT2D eigenvalue weighted by Gasteiger charge is 2.29. The van der Waals surface area contributed by atoms with Crippen molar-refractivity contribution < 1.29 is 22.8 Å². The van der Waals surface area contributed by atoms with Crippen LogP contribution in [0.25, 0.3) is 0 Å². The molecule has 3 heterocycles. The highest BCUT2D eigenvalue weighted by Crippen LogP contribution is 2.27. The summed E-state index contributed by atoms with van der Waals surface area (Å²) in [5.74, 6) is -0.682. The van der Waals surface area contributed by atoms with Gasteiger partial charge in [-0.05, 0) is 30.4 Å². The van der Waals surface area contributed by atoms with E-state index >= 15 is 0 Å². The third-order valence-corrected chi connectivity index (χ3v) is 5.35. The van der Waals surface area contributed by atoms with E-state index in [9.17, 15) is 22.8 Å². The van der Waals surface area contributed by atoms with E-state index < -0.39 is 18.6 Å². The molecule has 1 saturated heterocycles. The second-order valence-corrected chi connectivity index (χ2v) is 7.45. The van der Waals surface area contributed by atoms with Gasteiger partial charge in [-0.3, -0.25) is 14.7 Å². The number of thiophene rings is 1. The molecule has 3 rings (SSSR count). The number of hydrogen-bond donors (Lipinski definition) is 2. The van der Waals surface area contributed by atoms with Crippen LogP contribution in [0.2, 0.25) is 0 Å². The Morgan fingerprint density at radius 3 is 2.70 bits per heavy atom. The smallest absolute Gasteiger partial charge is 0.342 e. The van der Waals surface area contributed by atoms with Crippen LogP contribution in [0.4, 0.5) is 13.2 Å². The molecule has 27 heavy (non-hydrogen) atoms. The predicted molar refractivity (Wildman–Crippen MR) is 93.6 cm³/mol. The van der Waals surface area contributed by atoms with Crippen LogP contribution in [0, 0.1) is 0 Å². The fraction of sp³-hybridized carbons (Fsp3) is 0.471. The lowest BCUT2D eigenvalue weighted by Crippen LogP contribution is -2.38. The van der Waals surface area contributed by atoms with Crippen molar-refractivity contribution in [3.8, 4) is 0 Å². The number of aromatic amines is 1. The van der Waals surface area contributed by atoms with E-state index in [-0.39, 0.29) is 17.5 Å². The number of aromatic nitrogens is 2. The molecule has 0 saturated carbocycles. The number of carbonyl (C=O) groups is 2. The van der Waals surface area contributed by atoms with Gasteiger partial charge in [-0.25, -0.2) is 0 Å². The molecular formula is C17H19F3N4O2S. The van der Waals surface area contributed by atoms with Gasteiger partial charge in [0.2, 0.25) is 5.91 Å². The number of halogens is 3. The number of piperidine rings is 1. The molecular weight excluding hydrogens is 381 g/mol. The van der Waals surface area contributed by atoms with Crippen LogP contribution in [0.1, 0.15) is 39.8 Å². The Bertz CT molecular complexity index is 780. The Kier molecular flexibility index (Phi) is 5.83. The number of amides is 2. The summed E-state index contributed by atoms with van der Waals surface area (Å²) in [5.41, 5.74) is 0.642. The van der Waals surface area contributed by atoms with Gasteiger partial charge in [-0.1, -0.05) is 6.07 Å². The molecule has 0 radical (unpaired) electrons. The van der Waals surface area contributed by atoms with E-state index in [0.29, 0.717) is 38.0 Å². The summed E-state index contributed by atoms with van der Waals surface area (Å²) in [5, 5.41) is 10.3. The molecule has 2 amide bonds. The molecule has 2 aromatic rings. The Morgan fingerprint density at radius 1 is 1.33 bits per heavy atom. The lowest BCUT2D eigenvalue weighted by molar-refractivity contribution is -0.131. The van der Waals surface area contributed by atoms with Crippen molar-refractivity contribution in [2.75, 3.05) is 19.6 Å². The number of hydrogen-bond acceptors (Lipinski definition) is 4. The Labute approximate surface area is 157 Å². The van der Waals surface area contributed by atoms with Crippen LogP contribution in [0.15, 0.2) is 23.6 Å². The van der Waals surface area contributed by atoms with Crippen LogP contribution in [0.5, 0.6) is 0 Å². The predicted octanol–water partition coefficient (Wildman–Crippen LogP) is 2.71. The van der Waals surface area contributed by atoms with Crippen molar-refractivity contribution >= 4 is 23.2 Å². The summed E-state index contributed by atoms with van der Waals surface area (Å²) in [6.07, 6.45) is -2.64. The number of alkyl halides is 3. The van der Waals surface area contributed by atoms with E-state index in [1.54, 1.807) is 16.7 Å². The minimum absolute atomic E-state index is 0.0644. The van der Waals surface area contributed by atoms with Crippen LogP contribution >= 0.6 is 11.3 Å². The summed E-state index contributed by atoms with van der Waals surface area (Å²) in [6.45, 7) is -0.189. The topological polar surface area (TPSA) is 78.1 Å². The second kappa shape index (κ2) is 8.12. The molecule has 1 aliphatic heterocycles. The fourth-order valence-corrected chi connectivity index (χ4v) is 3.74. The van der Waals surface area contributed by atoms with Gasteiger partial charge in [-0.15, -0.1) is 11.3 Å². The first-order valence-corrected chi connectivity index (χ1v) is 9.40. The average Bonchev–Trinajstić information content (AvgIpc) is 3.31. The molecule has 0 unspecified atom stereocenters. The van der Waals surface area contributed by atoms with Gasteiger partial charge in [0.15, 0.2) is 0 Å². The molecule has 2 aromatic heterocycles. The van der Waals surface area contributed by atoms with Crippen molar-refractivity contribution in [3.05, 3.63) is 39.8 Å². The highest BCUT2D eigenvalue weighted by atomic mass is 32.1. The maximum atomic E-state index is 12.3. The summed E-state index contributed by atoms with van der Waals surface area (Å²) in [6, 6.07) is 5.34. The van der Waals surface area contributed by atoms with Gasteiger partial charge in [0.05, 0.1) is 6.42 Å². The number of rotatable bonds is 5. The lowest BCUT2D eigenvalue weighted by atomic mass is 9.93. The zero-order chi connectivity index (χ0) is 19.4. The van der Waals surface area contributed by atoms with Gasteiger partial charge in [0.1, 0.15) is 12.2 Å². The minimum atomic E-state index is -4.46. The van der Waals surface area contributed by atoms with Gasteiger partial charge >= 0.3 is 6.18 Å². The van der Waals surface area contributed by atoms with Gasteiger partial charge in [0.25, 0.3) is 5.91 Å². The number of likely N-dealkylation sites (tertiary alicyclic amines) is 1. The van der Waals surface area contributed by atoms with Gasteiger partial charge in [-0.2, -0.15) is 18.3 Å². The molecule has 2 N–H and O–H groups in total. The van der Waals surface area contributed by atoms with Crippen LogP contribution in [0.3, 0.4) is 0 Å². The average molecular weight is 400 g/mol. The largest absolute Gasteiger partial charge is 0.405 e. The van der Waals surface area contributed by atoms with Gasteiger partial charge < -0.3 is 10.2 Å². The highest BCUT2D eigenvalue weighted by molar-refractivity contribution is 7.10. The fourth-order valence-electron chi connectivity index (χ4n) is 3.05. The van der Waals surface area contributed by atoms with Gasteiger partial charge in [0, 0.05) is 29.6 Å². The van der Waals surface area contributed by atoms with Crippen molar-refractivity contribution in [2.45, 2.75) is 31.4 Å². The third kappa shape index (κ3) is 5.31. The molecule has 0 aliphatic carbocycles. The van der Waals surface area contributed by atoms with Crippen molar-refractivity contribution in [2.24, 2.45) is 0 Å². The summed E-state index contributed by atoms with van der Waals surface area (Å²) >= 11 is 1.55. The third-order valence-electron chi connectivity index (χ3n) is 4.47. The van der Waals surface area contributed by atoms with Crippen LogP contribution in [-0.2, 0) is 11.2 Å². The minimum Gasteiger partial charge on any atom is -0.342 e. The molecule has 0 bridgehead atoms. The SMILES string of the molecule is O=C(NCC(F)(F)F)c1cc(C2CCN(C(=O)Cc3cccs3)CC2)[nH]n1. The van der Waals surface area contributed by atoms with E-state index in [2.05, 4.69) is 10.2 Å². The lowest BCUT2D eigenvalue weighted by Gasteiger charge is -2.31. The monoisotopic (exact) mass is 400 g/mol. The standard InChI is InChI=1S/C17H19F3N4O2S/c18-17(19,20)10-21-16(26)14-9-13(22-23-14)11-3-5-24(6-4-11)15(25)8-12-2-1-7-27-12/h1-2,7,9,11H,3-6,8,10H2,(H,21,26)(H,22,23). The number of carbonyl (C=O) groups excluding carboxylic acids is 2. The second-order valence-electron chi connectivity index (χ2n) is 6.42. The Morgan fingerprint density at radius 2 is 2.07 bits per heavy atom. The zero-order valence-corrected chi connectivity index (χ0v) is 15.2. The molecule has 0 aromatic carbocycles. The zero-order valence-electron chi connectivity index (χ0n) is 14.4. The molecule has 146 valence electrons. The first kappa shape index (κ1) is 19.4. The Hall–Kier alpha value is -2.36. The molecule has 1 aliphatic rings. The van der Waals surface area contributed by atoms with E-state index in [0.717, 1.165) is 4.88 Å². The number of nitrogens with zero attached hydrogens (tertiary/aromatic N) is 2.